The maximum Gasteiger partial charge on any atom is 0.244 e. The highest BCUT2D eigenvalue weighted by Gasteiger charge is 2.22. The van der Waals surface area contributed by atoms with Gasteiger partial charge < -0.3 is 5.32 Å². The standard InChI is InChI=1S/C17H18N4OS/c1-12(2)16(17-20-19-14-7-3-4-10-21(14)17)18-15(22)9-8-13-6-5-11-23-13/h3-12,16H,1-2H3,(H,18,22)/b9-8+/t16-/m0/s1. The van der Waals surface area contributed by atoms with Gasteiger partial charge in [0.15, 0.2) is 11.5 Å². The average molecular weight is 326 g/mol. The van der Waals surface area contributed by atoms with Gasteiger partial charge in [0, 0.05) is 17.2 Å². The van der Waals surface area contributed by atoms with Crippen molar-refractivity contribution < 1.29 is 4.79 Å². The molecule has 0 aromatic carbocycles. The first-order valence-corrected chi connectivity index (χ1v) is 8.35. The summed E-state index contributed by atoms with van der Waals surface area (Å²) in [4.78, 5) is 13.3. The van der Waals surface area contributed by atoms with Gasteiger partial charge in [0.2, 0.25) is 5.91 Å². The van der Waals surface area contributed by atoms with E-state index in [4.69, 9.17) is 0 Å². The predicted molar refractivity (Wildman–Crippen MR) is 92.1 cm³/mol. The Kier molecular flexibility index (Phi) is 4.52. The minimum atomic E-state index is -0.201. The summed E-state index contributed by atoms with van der Waals surface area (Å²) in [6.45, 7) is 4.11. The second kappa shape index (κ2) is 6.75. The molecule has 1 amide bonds. The zero-order valence-corrected chi connectivity index (χ0v) is 13.8. The van der Waals surface area contributed by atoms with Gasteiger partial charge in [-0.15, -0.1) is 21.5 Å². The first kappa shape index (κ1) is 15.4. The second-order valence-electron chi connectivity index (χ2n) is 5.57. The van der Waals surface area contributed by atoms with E-state index in [2.05, 4.69) is 29.4 Å². The number of aromatic nitrogens is 3. The Hall–Kier alpha value is -2.47. The molecule has 0 unspecified atom stereocenters. The van der Waals surface area contributed by atoms with Crippen LogP contribution in [0.2, 0.25) is 0 Å². The number of hydrogen-bond acceptors (Lipinski definition) is 4. The molecule has 0 bridgehead atoms. The van der Waals surface area contributed by atoms with Gasteiger partial charge in [0.05, 0.1) is 6.04 Å². The maximum absolute atomic E-state index is 12.2. The number of rotatable bonds is 5. The normalized spacial score (nSPS) is 13.0. The smallest absolute Gasteiger partial charge is 0.244 e. The summed E-state index contributed by atoms with van der Waals surface area (Å²) >= 11 is 1.60. The van der Waals surface area contributed by atoms with Crippen LogP contribution in [-0.2, 0) is 4.79 Å². The third kappa shape index (κ3) is 3.48. The highest BCUT2D eigenvalue weighted by molar-refractivity contribution is 7.10. The molecule has 0 spiro atoms. The molecule has 0 saturated carbocycles. The molecule has 1 N–H and O–H groups in total. The fourth-order valence-corrected chi connectivity index (χ4v) is 2.96. The molecule has 0 fully saturated rings. The molecule has 0 aliphatic heterocycles. The third-order valence-corrected chi connectivity index (χ3v) is 4.36. The van der Waals surface area contributed by atoms with E-state index in [1.165, 1.54) is 0 Å². The molecule has 0 aliphatic rings. The van der Waals surface area contributed by atoms with E-state index in [0.717, 1.165) is 16.3 Å². The highest BCUT2D eigenvalue weighted by atomic mass is 32.1. The number of hydrogen-bond donors (Lipinski definition) is 1. The lowest BCUT2D eigenvalue weighted by Gasteiger charge is -2.20. The van der Waals surface area contributed by atoms with E-state index in [-0.39, 0.29) is 17.9 Å². The summed E-state index contributed by atoms with van der Waals surface area (Å²) in [5.74, 6) is 0.806. The number of pyridine rings is 1. The van der Waals surface area contributed by atoms with Gasteiger partial charge in [-0.2, -0.15) is 0 Å². The highest BCUT2D eigenvalue weighted by Crippen LogP contribution is 2.21. The van der Waals surface area contributed by atoms with E-state index < -0.39 is 0 Å². The molecule has 5 nitrogen and oxygen atoms in total. The lowest BCUT2D eigenvalue weighted by molar-refractivity contribution is -0.117. The molecule has 3 rings (SSSR count). The molecule has 23 heavy (non-hydrogen) atoms. The van der Waals surface area contributed by atoms with Crippen LogP contribution in [0.1, 0.15) is 30.6 Å². The molecule has 6 heteroatoms. The minimum absolute atomic E-state index is 0.134. The molecular formula is C17H18N4OS. The van der Waals surface area contributed by atoms with Crippen LogP contribution >= 0.6 is 11.3 Å². The van der Waals surface area contributed by atoms with Gasteiger partial charge in [-0.1, -0.05) is 26.0 Å². The van der Waals surface area contributed by atoms with E-state index >= 15 is 0 Å². The second-order valence-corrected chi connectivity index (χ2v) is 6.55. The van der Waals surface area contributed by atoms with Crippen LogP contribution in [0.25, 0.3) is 11.7 Å². The zero-order valence-electron chi connectivity index (χ0n) is 13.0. The zero-order chi connectivity index (χ0) is 16.2. The minimum Gasteiger partial charge on any atom is -0.342 e. The van der Waals surface area contributed by atoms with Gasteiger partial charge in [-0.3, -0.25) is 9.20 Å². The Balaban J connectivity index is 1.81. The molecule has 0 aliphatic carbocycles. The SMILES string of the molecule is CC(C)[C@H](NC(=O)/C=C/c1cccs1)c1nnc2ccccn12. The summed E-state index contributed by atoms with van der Waals surface area (Å²) in [7, 11) is 0. The number of fused-ring (bicyclic) bond motifs is 1. The van der Waals surface area contributed by atoms with Crippen molar-refractivity contribution >= 4 is 29.0 Å². The molecule has 0 saturated heterocycles. The molecule has 1 atom stereocenters. The van der Waals surface area contributed by atoms with Gasteiger partial charge >= 0.3 is 0 Å². The first-order chi connectivity index (χ1) is 11.1. The molecule has 3 aromatic heterocycles. The molecule has 3 heterocycles. The first-order valence-electron chi connectivity index (χ1n) is 7.47. The fraction of sp³-hybridized carbons (Fsp3) is 0.235. The fourth-order valence-electron chi connectivity index (χ4n) is 2.35. The Labute approximate surface area is 138 Å². The van der Waals surface area contributed by atoms with Crippen molar-refractivity contribution in [3.8, 4) is 0 Å². The van der Waals surface area contributed by atoms with Gasteiger partial charge in [0.25, 0.3) is 0 Å². The monoisotopic (exact) mass is 326 g/mol. The van der Waals surface area contributed by atoms with Crippen LogP contribution in [0.4, 0.5) is 0 Å². The van der Waals surface area contributed by atoms with E-state index in [1.54, 1.807) is 17.4 Å². The third-order valence-electron chi connectivity index (χ3n) is 3.52. The summed E-state index contributed by atoms with van der Waals surface area (Å²) in [6, 6.07) is 9.47. The van der Waals surface area contributed by atoms with Crippen LogP contribution in [-0.4, -0.2) is 20.5 Å². The lowest BCUT2D eigenvalue weighted by Crippen LogP contribution is -2.31. The average Bonchev–Trinajstić information content (AvgIpc) is 3.20. The molecule has 118 valence electrons. The van der Waals surface area contributed by atoms with Crippen molar-refractivity contribution in [3.63, 3.8) is 0 Å². The Bertz CT molecular complexity index is 820. The van der Waals surface area contributed by atoms with Gasteiger partial charge in [-0.05, 0) is 35.6 Å². The van der Waals surface area contributed by atoms with Crippen LogP contribution in [0.15, 0.2) is 48.0 Å². The van der Waals surface area contributed by atoms with Crippen LogP contribution in [0.5, 0.6) is 0 Å². The van der Waals surface area contributed by atoms with Crippen molar-refractivity contribution in [2.45, 2.75) is 19.9 Å². The molecule has 0 radical (unpaired) electrons. The Morgan fingerprint density at radius 3 is 2.87 bits per heavy atom. The van der Waals surface area contributed by atoms with E-state index in [1.807, 2.05) is 52.4 Å². The van der Waals surface area contributed by atoms with Crippen molar-refractivity contribution in [1.29, 1.82) is 0 Å². The van der Waals surface area contributed by atoms with E-state index in [0.29, 0.717) is 0 Å². The lowest BCUT2D eigenvalue weighted by atomic mass is 10.0. The number of carbonyl (C=O) groups excluding carboxylic acids is 1. The number of nitrogens with one attached hydrogen (secondary N) is 1. The largest absolute Gasteiger partial charge is 0.342 e. The number of carbonyl (C=O) groups is 1. The number of amides is 1. The van der Waals surface area contributed by atoms with Crippen molar-refractivity contribution in [2.24, 2.45) is 5.92 Å². The quantitative estimate of drug-likeness (QED) is 0.732. The summed E-state index contributed by atoms with van der Waals surface area (Å²) in [6.07, 6.45) is 5.29. The Morgan fingerprint density at radius 2 is 2.13 bits per heavy atom. The van der Waals surface area contributed by atoms with Crippen LogP contribution in [0.3, 0.4) is 0 Å². The topological polar surface area (TPSA) is 59.3 Å². The van der Waals surface area contributed by atoms with Crippen molar-refractivity contribution in [2.75, 3.05) is 0 Å². The van der Waals surface area contributed by atoms with Gasteiger partial charge in [0.1, 0.15) is 0 Å². The van der Waals surface area contributed by atoms with Crippen molar-refractivity contribution in [3.05, 3.63) is 58.7 Å². The van der Waals surface area contributed by atoms with Gasteiger partial charge in [-0.25, -0.2) is 0 Å². The van der Waals surface area contributed by atoms with Crippen molar-refractivity contribution in [1.82, 2.24) is 19.9 Å². The van der Waals surface area contributed by atoms with E-state index in [9.17, 15) is 4.79 Å². The Morgan fingerprint density at radius 1 is 1.26 bits per heavy atom. The number of nitrogens with zero attached hydrogens (tertiary/aromatic N) is 3. The summed E-state index contributed by atoms with van der Waals surface area (Å²) in [5, 5.41) is 13.4. The molecule has 3 aromatic rings. The molecular weight excluding hydrogens is 308 g/mol. The summed E-state index contributed by atoms with van der Waals surface area (Å²) in [5.41, 5.74) is 0.775. The van der Waals surface area contributed by atoms with Crippen LogP contribution < -0.4 is 5.32 Å². The predicted octanol–water partition coefficient (Wildman–Crippen LogP) is 3.32. The number of thiophene rings is 1. The summed E-state index contributed by atoms with van der Waals surface area (Å²) < 4.78 is 1.91. The maximum atomic E-state index is 12.2. The van der Waals surface area contributed by atoms with Crippen LogP contribution in [0, 0.1) is 5.92 Å².